The molecule has 0 bridgehead atoms. The van der Waals surface area contributed by atoms with E-state index in [-0.39, 0.29) is 5.95 Å². The molecule has 0 amide bonds. The molecule has 0 spiro atoms. The molecule has 0 atom stereocenters. The normalized spacial score (nSPS) is 10.1. The number of hydrogen-bond acceptors (Lipinski definition) is 6. The van der Waals surface area contributed by atoms with E-state index in [2.05, 4.69) is 25.3 Å². The summed E-state index contributed by atoms with van der Waals surface area (Å²) in [5.41, 5.74) is 6.48. The average molecular weight is 220 g/mol. The average Bonchev–Trinajstić information content (AvgIpc) is 2.78. The van der Waals surface area contributed by atoms with E-state index >= 15 is 0 Å². The van der Waals surface area contributed by atoms with Crippen LogP contribution in [0.1, 0.15) is 5.69 Å². The molecule has 0 aromatic carbocycles. The Hall–Kier alpha value is -2.31. The van der Waals surface area contributed by atoms with Gasteiger partial charge in [-0.25, -0.2) is 4.98 Å². The van der Waals surface area contributed by atoms with E-state index in [1.165, 1.54) is 7.11 Å². The predicted molar refractivity (Wildman–Crippen MR) is 58.9 cm³/mol. The van der Waals surface area contributed by atoms with Gasteiger partial charge in [0.05, 0.1) is 25.7 Å². The zero-order chi connectivity index (χ0) is 11.4. The van der Waals surface area contributed by atoms with Gasteiger partial charge in [0.2, 0.25) is 11.8 Å². The number of nitrogen functional groups attached to an aromatic ring is 1. The lowest BCUT2D eigenvalue weighted by molar-refractivity contribution is 0.398. The minimum absolute atomic E-state index is 0.173. The van der Waals surface area contributed by atoms with Crippen LogP contribution in [0.15, 0.2) is 18.6 Å². The molecule has 7 heteroatoms. The summed E-state index contributed by atoms with van der Waals surface area (Å²) in [4.78, 5) is 14.8. The van der Waals surface area contributed by atoms with Crippen LogP contribution in [0.3, 0.4) is 0 Å². The maximum absolute atomic E-state index is 5.52. The highest BCUT2D eigenvalue weighted by molar-refractivity contribution is 5.42. The number of H-pyrrole nitrogens is 1. The third-order valence-electron chi connectivity index (χ3n) is 1.94. The van der Waals surface area contributed by atoms with Crippen molar-refractivity contribution < 1.29 is 4.74 Å². The SMILES string of the molecule is COc1cc(NCc2cnc[nH]2)nc(N)n1. The zero-order valence-corrected chi connectivity index (χ0v) is 8.77. The third-order valence-corrected chi connectivity index (χ3v) is 1.94. The Balaban J connectivity index is 2.06. The molecule has 0 aliphatic carbocycles. The molecule has 0 fully saturated rings. The number of hydrogen-bond donors (Lipinski definition) is 3. The molecule has 2 rings (SSSR count). The number of nitrogens with two attached hydrogens (primary N) is 1. The highest BCUT2D eigenvalue weighted by Crippen LogP contribution is 2.14. The molecule has 0 aliphatic rings. The predicted octanol–water partition coefficient (Wildman–Crippen LogP) is 0.403. The molecule has 4 N–H and O–H groups in total. The van der Waals surface area contributed by atoms with E-state index in [0.717, 1.165) is 5.69 Å². The van der Waals surface area contributed by atoms with Crippen LogP contribution in [-0.4, -0.2) is 27.0 Å². The van der Waals surface area contributed by atoms with Gasteiger partial charge in [-0.1, -0.05) is 0 Å². The van der Waals surface area contributed by atoms with E-state index in [1.54, 1.807) is 18.6 Å². The molecule has 16 heavy (non-hydrogen) atoms. The van der Waals surface area contributed by atoms with Crippen molar-refractivity contribution in [3.63, 3.8) is 0 Å². The maximum Gasteiger partial charge on any atom is 0.225 e. The van der Waals surface area contributed by atoms with E-state index in [0.29, 0.717) is 18.2 Å². The van der Waals surface area contributed by atoms with Gasteiger partial charge in [-0.2, -0.15) is 9.97 Å². The fraction of sp³-hybridized carbons (Fsp3) is 0.222. The van der Waals surface area contributed by atoms with Crippen LogP contribution in [0.2, 0.25) is 0 Å². The van der Waals surface area contributed by atoms with Gasteiger partial charge in [-0.3, -0.25) is 0 Å². The van der Waals surface area contributed by atoms with Crippen molar-refractivity contribution in [3.8, 4) is 5.88 Å². The van der Waals surface area contributed by atoms with Gasteiger partial charge in [-0.15, -0.1) is 0 Å². The molecule has 2 aromatic rings. The molecule has 7 nitrogen and oxygen atoms in total. The first kappa shape index (κ1) is 10.2. The summed E-state index contributed by atoms with van der Waals surface area (Å²) in [6, 6.07) is 1.67. The van der Waals surface area contributed by atoms with Crippen molar-refractivity contribution in [1.29, 1.82) is 0 Å². The Kier molecular flexibility index (Phi) is 2.86. The van der Waals surface area contributed by atoms with Crippen molar-refractivity contribution in [2.24, 2.45) is 0 Å². The number of rotatable bonds is 4. The lowest BCUT2D eigenvalue weighted by Gasteiger charge is -2.06. The molecule has 84 valence electrons. The van der Waals surface area contributed by atoms with E-state index in [1.807, 2.05) is 0 Å². The van der Waals surface area contributed by atoms with Gasteiger partial charge in [0.1, 0.15) is 5.82 Å². The van der Waals surface area contributed by atoms with Gasteiger partial charge in [0.15, 0.2) is 0 Å². The minimum atomic E-state index is 0.173. The van der Waals surface area contributed by atoms with Crippen LogP contribution in [-0.2, 0) is 6.54 Å². The molecular weight excluding hydrogens is 208 g/mol. The van der Waals surface area contributed by atoms with Gasteiger partial charge >= 0.3 is 0 Å². The van der Waals surface area contributed by atoms with E-state index in [4.69, 9.17) is 10.5 Å². The van der Waals surface area contributed by atoms with Crippen LogP contribution < -0.4 is 15.8 Å². The highest BCUT2D eigenvalue weighted by atomic mass is 16.5. The zero-order valence-electron chi connectivity index (χ0n) is 8.77. The number of anilines is 2. The van der Waals surface area contributed by atoms with E-state index < -0.39 is 0 Å². The first-order valence-corrected chi connectivity index (χ1v) is 4.67. The monoisotopic (exact) mass is 220 g/mol. The summed E-state index contributed by atoms with van der Waals surface area (Å²) >= 11 is 0. The summed E-state index contributed by atoms with van der Waals surface area (Å²) in [5.74, 6) is 1.21. The summed E-state index contributed by atoms with van der Waals surface area (Å²) < 4.78 is 4.98. The molecular formula is C9H12N6O. The van der Waals surface area contributed by atoms with Crippen molar-refractivity contribution in [1.82, 2.24) is 19.9 Å². The fourth-order valence-corrected chi connectivity index (χ4v) is 1.21. The van der Waals surface area contributed by atoms with Crippen LogP contribution in [0, 0.1) is 0 Å². The van der Waals surface area contributed by atoms with Crippen molar-refractivity contribution >= 4 is 11.8 Å². The molecule has 2 aromatic heterocycles. The Bertz CT molecular complexity index is 455. The van der Waals surface area contributed by atoms with Gasteiger partial charge < -0.3 is 20.8 Å². The third kappa shape index (κ3) is 2.38. The molecule has 0 radical (unpaired) electrons. The summed E-state index contributed by atoms with van der Waals surface area (Å²) in [6.45, 7) is 0.583. The Morgan fingerprint density at radius 3 is 3.06 bits per heavy atom. The summed E-state index contributed by atoms with van der Waals surface area (Å²) in [7, 11) is 1.53. The molecule has 0 unspecified atom stereocenters. The first-order chi connectivity index (χ1) is 7.78. The minimum Gasteiger partial charge on any atom is -0.481 e. The van der Waals surface area contributed by atoms with Crippen molar-refractivity contribution in [2.75, 3.05) is 18.2 Å². The second kappa shape index (κ2) is 4.47. The maximum atomic E-state index is 5.52. The molecule has 0 saturated heterocycles. The van der Waals surface area contributed by atoms with Crippen LogP contribution in [0.5, 0.6) is 5.88 Å². The van der Waals surface area contributed by atoms with Crippen LogP contribution >= 0.6 is 0 Å². The lowest BCUT2D eigenvalue weighted by Crippen LogP contribution is -2.05. The topological polar surface area (TPSA) is 102 Å². The Morgan fingerprint density at radius 1 is 1.50 bits per heavy atom. The fourth-order valence-electron chi connectivity index (χ4n) is 1.21. The number of methoxy groups -OCH3 is 1. The van der Waals surface area contributed by atoms with Crippen molar-refractivity contribution in [2.45, 2.75) is 6.54 Å². The van der Waals surface area contributed by atoms with Gasteiger partial charge in [0.25, 0.3) is 0 Å². The molecule has 0 saturated carbocycles. The lowest BCUT2D eigenvalue weighted by atomic mass is 10.4. The Morgan fingerprint density at radius 2 is 2.38 bits per heavy atom. The quantitative estimate of drug-likeness (QED) is 0.689. The van der Waals surface area contributed by atoms with Crippen LogP contribution in [0.4, 0.5) is 11.8 Å². The van der Waals surface area contributed by atoms with Crippen molar-refractivity contribution in [3.05, 3.63) is 24.3 Å². The van der Waals surface area contributed by atoms with Gasteiger partial charge in [-0.05, 0) is 0 Å². The summed E-state index contributed by atoms with van der Waals surface area (Å²) in [6.07, 6.45) is 3.35. The number of imidazole rings is 1. The second-order valence-corrected chi connectivity index (χ2v) is 3.08. The number of nitrogens with zero attached hydrogens (tertiary/aromatic N) is 3. The number of aromatic amines is 1. The molecule has 0 aliphatic heterocycles. The number of aromatic nitrogens is 4. The smallest absolute Gasteiger partial charge is 0.225 e. The summed E-state index contributed by atoms with van der Waals surface area (Å²) in [5, 5.41) is 3.08. The molecule has 2 heterocycles. The largest absolute Gasteiger partial charge is 0.481 e. The number of ether oxygens (including phenoxy) is 1. The standard InChI is InChI=1S/C9H12N6O/c1-16-8-2-7(14-9(10)15-8)12-4-6-3-11-5-13-6/h2-3,5H,4H2,1H3,(H,11,13)(H3,10,12,14,15). The highest BCUT2D eigenvalue weighted by Gasteiger charge is 2.02. The first-order valence-electron chi connectivity index (χ1n) is 4.67. The second-order valence-electron chi connectivity index (χ2n) is 3.08. The van der Waals surface area contributed by atoms with Crippen LogP contribution in [0.25, 0.3) is 0 Å². The van der Waals surface area contributed by atoms with E-state index in [9.17, 15) is 0 Å². The van der Waals surface area contributed by atoms with Gasteiger partial charge in [0, 0.05) is 12.3 Å². The Labute approximate surface area is 92.1 Å². The number of nitrogens with one attached hydrogen (secondary N) is 2.